The maximum absolute atomic E-state index is 12.3. The average molecular weight is 303 g/mol. The van der Waals surface area contributed by atoms with Crippen LogP contribution in [0.1, 0.15) is 36.5 Å². The third-order valence-electron chi connectivity index (χ3n) is 3.57. The predicted molar refractivity (Wildman–Crippen MR) is 85.7 cm³/mol. The lowest BCUT2D eigenvalue weighted by Gasteiger charge is -2.10. The Labute approximate surface area is 127 Å². The van der Waals surface area contributed by atoms with Gasteiger partial charge in [-0.25, -0.2) is 13.1 Å². The first kappa shape index (κ1) is 15.7. The van der Waals surface area contributed by atoms with Crippen LogP contribution in [0.4, 0.5) is 0 Å². The van der Waals surface area contributed by atoms with Gasteiger partial charge >= 0.3 is 0 Å². The van der Waals surface area contributed by atoms with Crippen molar-refractivity contribution in [1.82, 2.24) is 4.72 Å². The number of sulfonamides is 1. The van der Waals surface area contributed by atoms with Crippen LogP contribution in [0.2, 0.25) is 0 Å². The van der Waals surface area contributed by atoms with Gasteiger partial charge in [0, 0.05) is 6.54 Å². The van der Waals surface area contributed by atoms with Gasteiger partial charge in [-0.15, -0.1) is 0 Å². The van der Waals surface area contributed by atoms with Crippen molar-refractivity contribution in [3.05, 3.63) is 65.2 Å². The Morgan fingerprint density at radius 3 is 2.19 bits per heavy atom. The minimum absolute atomic E-state index is 0.306. The van der Waals surface area contributed by atoms with E-state index in [9.17, 15) is 8.42 Å². The van der Waals surface area contributed by atoms with E-state index in [1.165, 1.54) is 0 Å². The highest BCUT2D eigenvalue weighted by atomic mass is 32.2. The molecular weight excluding hydrogens is 282 g/mol. The van der Waals surface area contributed by atoms with Crippen LogP contribution in [0.25, 0.3) is 0 Å². The number of aryl methyl sites for hydroxylation is 1. The molecule has 0 aromatic heterocycles. The highest BCUT2D eigenvalue weighted by molar-refractivity contribution is 7.89. The van der Waals surface area contributed by atoms with Gasteiger partial charge in [0.1, 0.15) is 0 Å². The van der Waals surface area contributed by atoms with Gasteiger partial charge in [-0.2, -0.15) is 0 Å². The van der Waals surface area contributed by atoms with E-state index in [-0.39, 0.29) is 0 Å². The van der Waals surface area contributed by atoms with E-state index in [4.69, 9.17) is 0 Å². The summed E-state index contributed by atoms with van der Waals surface area (Å²) in [5.74, 6) is 0.390. The second kappa shape index (κ2) is 6.41. The van der Waals surface area contributed by atoms with E-state index >= 15 is 0 Å². The molecule has 0 heterocycles. The summed E-state index contributed by atoms with van der Waals surface area (Å²) in [5.41, 5.74) is 3.20. The zero-order valence-electron chi connectivity index (χ0n) is 12.6. The van der Waals surface area contributed by atoms with Crippen molar-refractivity contribution in [2.45, 2.75) is 38.1 Å². The number of nitrogens with one attached hydrogen (secondary N) is 1. The zero-order valence-corrected chi connectivity index (χ0v) is 13.4. The standard InChI is InChI=1S/C17H21NO2S/c1-13(2)15-8-10-17(11-9-15)21(19,20)18-12-16-7-5-4-6-14(16)3/h4-11,13,18H,12H2,1-3H3. The van der Waals surface area contributed by atoms with Crippen LogP contribution >= 0.6 is 0 Å². The van der Waals surface area contributed by atoms with E-state index < -0.39 is 10.0 Å². The van der Waals surface area contributed by atoms with Crippen molar-refractivity contribution in [1.29, 1.82) is 0 Å². The molecule has 0 atom stereocenters. The molecule has 0 bridgehead atoms. The van der Waals surface area contributed by atoms with Crippen LogP contribution in [0.3, 0.4) is 0 Å². The second-order valence-electron chi connectivity index (χ2n) is 5.47. The normalized spacial score (nSPS) is 11.8. The molecule has 3 nitrogen and oxygen atoms in total. The van der Waals surface area contributed by atoms with Crippen LogP contribution in [0, 0.1) is 6.92 Å². The molecule has 1 N–H and O–H groups in total. The number of hydrogen-bond acceptors (Lipinski definition) is 2. The molecule has 0 aliphatic heterocycles. The Morgan fingerprint density at radius 1 is 1.00 bits per heavy atom. The maximum Gasteiger partial charge on any atom is 0.240 e. The van der Waals surface area contributed by atoms with E-state index in [1.54, 1.807) is 12.1 Å². The smallest absolute Gasteiger partial charge is 0.207 e. The maximum atomic E-state index is 12.3. The third-order valence-corrected chi connectivity index (χ3v) is 4.99. The summed E-state index contributed by atoms with van der Waals surface area (Å²) >= 11 is 0. The molecule has 21 heavy (non-hydrogen) atoms. The van der Waals surface area contributed by atoms with Gasteiger partial charge in [-0.1, -0.05) is 50.2 Å². The van der Waals surface area contributed by atoms with Crippen molar-refractivity contribution in [2.24, 2.45) is 0 Å². The fourth-order valence-corrected chi connectivity index (χ4v) is 3.10. The number of benzene rings is 2. The van der Waals surface area contributed by atoms with Gasteiger partial charge < -0.3 is 0 Å². The molecule has 2 aromatic carbocycles. The molecule has 4 heteroatoms. The van der Waals surface area contributed by atoms with E-state index in [0.29, 0.717) is 17.4 Å². The first-order chi connectivity index (χ1) is 9.90. The summed E-state index contributed by atoms with van der Waals surface area (Å²) in [6.45, 7) is 6.45. The zero-order chi connectivity index (χ0) is 15.5. The summed E-state index contributed by atoms with van der Waals surface area (Å²) in [5, 5.41) is 0. The SMILES string of the molecule is Cc1ccccc1CNS(=O)(=O)c1ccc(C(C)C)cc1. The van der Waals surface area contributed by atoms with Crippen LogP contribution < -0.4 is 4.72 Å². The summed E-state index contributed by atoms with van der Waals surface area (Å²) < 4.78 is 27.2. The molecule has 0 radical (unpaired) electrons. The van der Waals surface area contributed by atoms with Crippen molar-refractivity contribution >= 4 is 10.0 Å². The Hall–Kier alpha value is -1.65. The summed E-state index contributed by atoms with van der Waals surface area (Å²) in [6, 6.07) is 14.8. The molecule has 0 spiro atoms. The summed E-state index contributed by atoms with van der Waals surface area (Å²) in [7, 11) is -3.47. The number of hydrogen-bond donors (Lipinski definition) is 1. The Balaban J connectivity index is 2.13. The van der Waals surface area contributed by atoms with Crippen LogP contribution in [0.15, 0.2) is 53.4 Å². The molecule has 0 saturated carbocycles. The van der Waals surface area contributed by atoms with Gasteiger partial charge in [-0.3, -0.25) is 0 Å². The van der Waals surface area contributed by atoms with Gasteiger partial charge in [0.2, 0.25) is 10.0 Å². The van der Waals surface area contributed by atoms with Crippen molar-refractivity contribution in [3.63, 3.8) is 0 Å². The first-order valence-electron chi connectivity index (χ1n) is 7.04. The Morgan fingerprint density at radius 2 is 1.62 bits per heavy atom. The van der Waals surface area contributed by atoms with Gasteiger partial charge in [0.05, 0.1) is 4.90 Å². The average Bonchev–Trinajstić information content (AvgIpc) is 2.46. The molecule has 0 aliphatic rings. The minimum Gasteiger partial charge on any atom is -0.207 e. The molecule has 0 aliphatic carbocycles. The van der Waals surface area contributed by atoms with E-state index in [2.05, 4.69) is 18.6 Å². The molecule has 0 unspecified atom stereocenters. The van der Waals surface area contributed by atoms with Crippen molar-refractivity contribution in [2.75, 3.05) is 0 Å². The Kier molecular flexibility index (Phi) is 4.80. The third kappa shape index (κ3) is 3.93. The quantitative estimate of drug-likeness (QED) is 0.917. The minimum atomic E-state index is -3.47. The monoisotopic (exact) mass is 303 g/mol. The summed E-state index contributed by atoms with van der Waals surface area (Å²) in [4.78, 5) is 0.306. The lowest BCUT2D eigenvalue weighted by molar-refractivity contribution is 0.581. The fraction of sp³-hybridized carbons (Fsp3) is 0.294. The van der Waals surface area contributed by atoms with Gasteiger partial charge in [0.15, 0.2) is 0 Å². The lowest BCUT2D eigenvalue weighted by Crippen LogP contribution is -2.23. The lowest BCUT2D eigenvalue weighted by atomic mass is 10.0. The molecular formula is C17H21NO2S. The molecule has 0 amide bonds. The van der Waals surface area contributed by atoms with Crippen LogP contribution in [-0.2, 0) is 16.6 Å². The molecule has 2 rings (SSSR count). The second-order valence-corrected chi connectivity index (χ2v) is 7.24. The first-order valence-corrected chi connectivity index (χ1v) is 8.52. The highest BCUT2D eigenvalue weighted by Crippen LogP contribution is 2.17. The van der Waals surface area contributed by atoms with Gasteiger partial charge in [0.25, 0.3) is 0 Å². The van der Waals surface area contributed by atoms with Crippen LogP contribution in [0.5, 0.6) is 0 Å². The predicted octanol–water partition coefficient (Wildman–Crippen LogP) is 3.60. The molecule has 112 valence electrons. The van der Waals surface area contributed by atoms with Crippen molar-refractivity contribution in [3.8, 4) is 0 Å². The van der Waals surface area contributed by atoms with E-state index in [1.807, 2.05) is 43.3 Å². The number of rotatable bonds is 5. The molecule has 0 fully saturated rings. The highest BCUT2D eigenvalue weighted by Gasteiger charge is 2.14. The Bertz CT molecular complexity index is 704. The molecule has 2 aromatic rings. The largest absolute Gasteiger partial charge is 0.240 e. The van der Waals surface area contributed by atoms with Crippen LogP contribution in [-0.4, -0.2) is 8.42 Å². The van der Waals surface area contributed by atoms with Crippen molar-refractivity contribution < 1.29 is 8.42 Å². The topological polar surface area (TPSA) is 46.2 Å². The molecule has 0 saturated heterocycles. The summed E-state index contributed by atoms with van der Waals surface area (Å²) in [6.07, 6.45) is 0. The van der Waals surface area contributed by atoms with Gasteiger partial charge in [-0.05, 0) is 41.7 Å². The van der Waals surface area contributed by atoms with E-state index in [0.717, 1.165) is 16.7 Å². The fourth-order valence-electron chi connectivity index (χ4n) is 2.10.